The molecule has 1 atom stereocenters. The van der Waals surface area contributed by atoms with Crippen molar-refractivity contribution in [3.63, 3.8) is 0 Å². The Bertz CT molecular complexity index is 1090. The number of sulfone groups is 1. The van der Waals surface area contributed by atoms with Crippen molar-refractivity contribution >= 4 is 21.7 Å². The zero-order valence-corrected chi connectivity index (χ0v) is 18.5. The Morgan fingerprint density at radius 3 is 2.26 bits per heavy atom. The fraction of sp³-hybridized carbons (Fsp3) is 0.476. The maximum Gasteiger partial charge on any atom is 0.274 e. The number of rotatable bonds is 4. The first-order valence-corrected chi connectivity index (χ1v) is 12.1. The molecule has 2 aromatic rings. The number of carbonyl (C=O) groups excluding carboxylic acids is 2. The van der Waals surface area contributed by atoms with Crippen LogP contribution in [0.4, 0.5) is 0 Å². The van der Waals surface area contributed by atoms with E-state index in [0.29, 0.717) is 44.0 Å². The summed E-state index contributed by atoms with van der Waals surface area (Å²) in [6.45, 7) is 3.40. The number of methoxy groups -OCH3 is 1. The lowest BCUT2D eigenvalue weighted by Crippen LogP contribution is -2.50. The SMILES string of the molecule is COc1ccc(-c2cc(C(=O)N3CCN(C(C)=O)CC3)nn2[C@H]2CCS(=O)(=O)C2)cc1. The molecule has 2 amide bonds. The summed E-state index contributed by atoms with van der Waals surface area (Å²) in [6, 6.07) is 8.80. The number of aromatic nitrogens is 2. The van der Waals surface area contributed by atoms with Crippen LogP contribution in [0.15, 0.2) is 30.3 Å². The van der Waals surface area contributed by atoms with Gasteiger partial charge in [0.1, 0.15) is 5.75 Å². The van der Waals surface area contributed by atoms with Crippen LogP contribution in [0.2, 0.25) is 0 Å². The predicted molar refractivity (Wildman–Crippen MR) is 115 cm³/mol. The Balaban J connectivity index is 1.64. The van der Waals surface area contributed by atoms with Gasteiger partial charge in [-0.05, 0) is 36.8 Å². The summed E-state index contributed by atoms with van der Waals surface area (Å²) in [6.07, 6.45) is 0.470. The van der Waals surface area contributed by atoms with Crippen molar-refractivity contribution in [3.05, 3.63) is 36.0 Å². The lowest BCUT2D eigenvalue weighted by Gasteiger charge is -2.33. The highest BCUT2D eigenvalue weighted by Crippen LogP contribution is 2.31. The van der Waals surface area contributed by atoms with Crippen LogP contribution < -0.4 is 4.74 Å². The average Bonchev–Trinajstić information content (AvgIpc) is 3.36. The van der Waals surface area contributed by atoms with E-state index in [-0.39, 0.29) is 35.1 Å². The molecule has 9 nitrogen and oxygen atoms in total. The van der Waals surface area contributed by atoms with Gasteiger partial charge in [-0.3, -0.25) is 14.3 Å². The molecular weight excluding hydrogens is 420 g/mol. The molecule has 0 bridgehead atoms. The van der Waals surface area contributed by atoms with Gasteiger partial charge in [-0.1, -0.05) is 0 Å². The standard InChI is InChI=1S/C21H26N4O5S/c1-15(26)23-8-10-24(11-9-23)21(27)19-13-20(16-3-5-18(30-2)6-4-16)25(22-19)17-7-12-31(28,29)14-17/h3-6,13,17H,7-12,14H2,1-2H3/t17-/m0/s1. The van der Waals surface area contributed by atoms with Crippen molar-refractivity contribution in [3.8, 4) is 17.0 Å². The third kappa shape index (κ3) is 4.43. The van der Waals surface area contributed by atoms with E-state index >= 15 is 0 Å². The van der Waals surface area contributed by atoms with E-state index in [0.717, 1.165) is 5.56 Å². The molecule has 0 radical (unpaired) electrons. The quantitative estimate of drug-likeness (QED) is 0.700. The van der Waals surface area contributed by atoms with Crippen molar-refractivity contribution in [1.29, 1.82) is 0 Å². The van der Waals surface area contributed by atoms with Gasteiger partial charge in [0, 0.05) is 38.7 Å². The second-order valence-corrected chi connectivity index (χ2v) is 10.2. The van der Waals surface area contributed by atoms with Crippen LogP contribution >= 0.6 is 0 Å². The molecular formula is C21H26N4O5S. The first kappa shape index (κ1) is 21.4. The van der Waals surface area contributed by atoms with Crippen LogP contribution in [0.25, 0.3) is 11.3 Å². The van der Waals surface area contributed by atoms with Crippen molar-refractivity contribution in [2.45, 2.75) is 19.4 Å². The molecule has 31 heavy (non-hydrogen) atoms. The van der Waals surface area contributed by atoms with Gasteiger partial charge in [0.15, 0.2) is 15.5 Å². The van der Waals surface area contributed by atoms with Crippen molar-refractivity contribution in [1.82, 2.24) is 19.6 Å². The van der Waals surface area contributed by atoms with Gasteiger partial charge in [0.25, 0.3) is 5.91 Å². The first-order chi connectivity index (χ1) is 14.8. The molecule has 4 rings (SSSR count). The van der Waals surface area contributed by atoms with Crippen molar-refractivity contribution < 1.29 is 22.7 Å². The molecule has 2 fully saturated rings. The molecule has 2 aliphatic heterocycles. The normalized spacial score (nSPS) is 20.6. The van der Waals surface area contributed by atoms with Crippen LogP contribution in [0.1, 0.15) is 29.9 Å². The van der Waals surface area contributed by atoms with Crippen LogP contribution in [-0.2, 0) is 14.6 Å². The van der Waals surface area contributed by atoms with Gasteiger partial charge in [-0.25, -0.2) is 8.42 Å². The maximum absolute atomic E-state index is 13.1. The highest BCUT2D eigenvalue weighted by molar-refractivity contribution is 7.91. The van der Waals surface area contributed by atoms with E-state index < -0.39 is 9.84 Å². The minimum atomic E-state index is -3.11. The molecule has 3 heterocycles. The molecule has 1 aromatic carbocycles. The number of hydrogen-bond acceptors (Lipinski definition) is 6. The van der Waals surface area contributed by atoms with Gasteiger partial charge >= 0.3 is 0 Å². The number of nitrogens with zero attached hydrogens (tertiary/aromatic N) is 4. The second kappa shape index (κ2) is 8.33. The summed E-state index contributed by atoms with van der Waals surface area (Å²) < 4.78 is 31.0. The molecule has 0 N–H and O–H groups in total. The second-order valence-electron chi connectivity index (χ2n) is 7.94. The van der Waals surface area contributed by atoms with Gasteiger partial charge in [-0.15, -0.1) is 0 Å². The molecule has 1 aromatic heterocycles. The monoisotopic (exact) mass is 446 g/mol. The fourth-order valence-corrected chi connectivity index (χ4v) is 5.80. The fourth-order valence-electron chi connectivity index (χ4n) is 4.11. The van der Waals surface area contributed by atoms with Crippen molar-refractivity contribution in [2.75, 3.05) is 44.8 Å². The highest BCUT2D eigenvalue weighted by Gasteiger charge is 2.33. The number of hydrogen-bond donors (Lipinski definition) is 0. The Labute approximate surface area is 181 Å². The minimum absolute atomic E-state index is 0.000566. The number of piperazine rings is 1. The van der Waals surface area contributed by atoms with Crippen molar-refractivity contribution in [2.24, 2.45) is 0 Å². The van der Waals surface area contributed by atoms with Crippen LogP contribution in [0.3, 0.4) is 0 Å². The molecule has 2 aliphatic rings. The lowest BCUT2D eigenvalue weighted by molar-refractivity contribution is -0.130. The third-order valence-corrected chi connectivity index (χ3v) is 7.66. The smallest absolute Gasteiger partial charge is 0.274 e. The number of ether oxygens (including phenoxy) is 1. The van der Waals surface area contributed by atoms with Crippen LogP contribution in [0, 0.1) is 0 Å². The van der Waals surface area contributed by atoms with E-state index in [9.17, 15) is 18.0 Å². The summed E-state index contributed by atoms with van der Waals surface area (Å²) in [5, 5.41) is 4.56. The Morgan fingerprint density at radius 1 is 1.06 bits per heavy atom. The van der Waals surface area contributed by atoms with E-state index in [4.69, 9.17) is 4.74 Å². The molecule has 0 unspecified atom stereocenters. The van der Waals surface area contributed by atoms with Gasteiger partial charge in [0.2, 0.25) is 5.91 Å². The summed E-state index contributed by atoms with van der Waals surface area (Å²) >= 11 is 0. The zero-order chi connectivity index (χ0) is 22.2. The summed E-state index contributed by atoms with van der Waals surface area (Å²) in [5.41, 5.74) is 1.82. The van der Waals surface area contributed by atoms with E-state index in [1.165, 1.54) is 6.92 Å². The average molecular weight is 447 g/mol. The highest BCUT2D eigenvalue weighted by atomic mass is 32.2. The number of carbonyl (C=O) groups is 2. The summed E-state index contributed by atoms with van der Waals surface area (Å²) in [7, 11) is -1.52. The minimum Gasteiger partial charge on any atom is -0.497 e. The van der Waals surface area contributed by atoms with E-state index in [2.05, 4.69) is 5.10 Å². The summed E-state index contributed by atoms with van der Waals surface area (Å²) in [4.78, 5) is 28.1. The number of benzene rings is 1. The lowest BCUT2D eigenvalue weighted by atomic mass is 10.1. The molecule has 10 heteroatoms. The Kier molecular flexibility index (Phi) is 5.74. The number of amides is 2. The molecule has 166 valence electrons. The maximum atomic E-state index is 13.1. The van der Waals surface area contributed by atoms with Gasteiger partial charge in [-0.2, -0.15) is 5.10 Å². The van der Waals surface area contributed by atoms with Crippen LogP contribution in [0.5, 0.6) is 5.75 Å². The topological polar surface area (TPSA) is 102 Å². The van der Waals surface area contributed by atoms with E-state index in [1.807, 2.05) is 24.3 Å². The van der Waals surface area contributed by atoms with Crippen LogP contribution in [-0.4, -0.2) is 84.6 Å². The van der Waals surface area contributed by atoms with Gasteiger partial charge < -0.3 is 14.5 Å². The third-order valence-electron chi connectivity index (χ3n) is 5.91. The zero-order valence-electron chi connectivity index (χ0n) is 17.7. The molecule has 0 aliphatic carbocycles. The molecule has 0 saturated carbocycles. The van der Waals surface area contributed by atoms with E-state index in [1.54, 1.807) is 27.7 Å². The first-order valence-electron chi connectivity index (χ1n) is 10.3. The van der Waals surface area contributed by atoms with Gasteiger partial charge in [0.05, 0.1) is 30.4 Å². The summed E-state index contributed by atoms with van der Waals surface area (Å²) in [5.74, 6) is 0.634. The largest absolute Gasteiger partial charge is 0.497 e. The molecule has 0 spiro atoms. The molecule has 2 saturated heterocycles. The predicted octanol–water partition coefficient (Wildman–Crippen LogP) is 1.22. The Morgan fingerprint density at radius 2 is 1.71 bits per heavy atom. The Hall–Kier alpha value is -2.88.